The maximum Gasteiger partial charge on any atom is 0.490 e. The van der Waals surface area contributed by atoms with Crippen LogP contribution < -0.4 is 15.8 Å². The van der Waals surface area contributed by atoms with Crippen molar-refractivity contribution in [2.24, 2.45) is 5.73 Å². The molecule has 0 unspecified atom stereocenters. The molecular weight excluding hydrogens is 520 g/mol. The Morgan fingerprint density at radius 1 is 1.00 bits per heavy atom. The fourth-order valence-electron chi connectivity index (χ4n) is 2.58. The number of benzene rings is 2. The third kappa shape index (κ3) is 7.72. The molecule has 3 rings (SSSR count). The Morgan fingerprint density at radius 2 is 1.58 bits per heavy atom. The van der Waals surface area contributed by atoms with Crippen molar-refractivity contribution in [3.8, 4) is 0 Å². The maximum atomic E-state index is 12.7. The summed E-state index contributed by atoms with van der Waals surface area (Å²) in [5, 5.41) is 17.6. The number of alkyl halides is 6. The number of aliphatic carboxylic acids is 1. The predicted octanol–water partition coefficient (Wildman–Crippen LogP) is 3.67. The fraction of sp³-hybridized carbons (Fsp3) is 0.150. The molecule has 0 saturated carbocycles. The molecule has 0 saturated heterocycles. The largest absolute Gasteiger partial charge is 0.490 e. The lowest BCUT2D eigenvalue weighted by atomic mass is 10.2. The van der Waals surface area contributed by atoms with E-state index >= 15 is 0 Å². The van der Waals surface area contributed by atoms with Gasteiger partial charge in [-0.15, -0.1) is 0 Å². The Morgan fingerprint density at radius 3 is 2.08 bits per heavy atom. The number of rotatable bonds is 5. The topological polar surface area (TPSA) is 158 Å². The minimum atomic E-state index is -5.08. The van der Waals surface area contributed by atoms with Crippen LogP contribution in [0.25, 0.3) is 10.9 Å². The van der Waals surface area contributed by atoms with Gasteiger partial charge < -0.3 is 16.2 Å². The number of sulfonamides is 1. The summed E-state index contributed by atoms with van der Waals surface area (Å²) in [4.78, 5) is 13.0. The number of fused-ring (bicyclic) bond motifs is 1. The van der Waals surface area contributed by atoms with Gasteiger partial charge in [-0.2, -0.15) is 26.3 Å². The van der Waals surface area contributed by atoms with Crippen molar-refractivity contribution in [1.82, 2.24) is 10.3 Å². The number of anilines is 1. The molecule has 0 bridgehead atoms. The number of hydrogen-bond acceptors (Lipinski definition) is 5. The number of nitrogens with zero attached hydrogens (tertiary/aromatic N) is 1. The van der Waals surface area contributed by atoms with Gasteiger partial charge in [0.2, 0.25) is 0 Å². The molecule has 0 amide bonds. The monoisotopic (exact) mass is 537 g/mol. The molecule has 3 aromatic rings. The summed E-state index contributed by atoms with van der Waals surface area (Å²) in [5.41, 5.74) is 5.36. The Hall–Kier alpha value is -4.08. The highest BCUT2D eigenvalue weighted by atomic mass is 32.2. The minimum Gasteiger partial charge on any atom is -0.475 e. The van der Waals surface area contributed by atoms with Crippen LogP contribution >= 0.6 is 0 Å². The van der Waals surface area contributed by atoms with Crippen LogP contribution in [0.15, 0.2) is 59.5 Å². The second-order valence-electron chi connectivity index (χ2n) is 6.88. The second-order valence-corrected chi connectivity index (χ2v) is 8.56. The average molecular weight is 537 g/mol. The molecule has 36 heavy (non-hydrogen) atoms. The highest BCUT2D eigenvalue weighted by Gasteiger charge is 2.38. The van der Waals surface area contributed by atoms with E-state index in [1.54, 1.807) is 24.3 Å². The van der Waals surface area contributed by atoms with Crippen LogP contribution in [0, 0.1) is 5.41 Å². The molecule has 16 heteroatoms. The summed E-state index contributed by atoms with van der Waals surface area (Å²) in [7, 11) is -4.13. The summed E-state index contributed by atoms with van der Waals surface area (Å²) >= 11 is 0. The Bertz CT molecular complexity index is 1360. The molecule has 0 fully saturated rings. The van der Waals surface area contributed by atoms with E-state index in [9.17, 15) is 34.8 Å². The van der Waals surface area contributed by atoms with Crippen molar-refractivity contribution in [3.05, 3.63) is 65.9 Å². The number of halogens is 6. The summed E-state index contributed by atoms with van der Waals surface area (Å²) in [6, 6.07) is 11.5. The van der Waals surface area contributed by atoms with Crippen LogP contribution in [0.1, 0.15) is 11.3 Å². The third-order valence-corrected chi connectivity index (χ3v) is 5.60. The van der Waals surface area contributed by atoms with Gasteiger partial charge in [0.1, 0.15) is 0 Å². The smallest absolute Gasteiger partial charge is 0.475 e. The Kier molecular flexibility index (Phi) is 8.35. The Balaban J connectivity index is 0.000000572. The molecule has 0 aliphatic rings. The molecule has 9 nitrogen and oxygen atoms in total. The molecule has 0 atom stereocenters. The van der Waals surface area contributed by atoms with Crippen molar-refractivity contribution in [1.29, 1.82) is 5.41 Å². The number of nitrogens with one attached hydrogen (secondary N) is 3. The van der Waals surface area contributed by atoms with Gasteiger partial charge in [-0.05, 0) is 36.4 Å². The van der Waals surface area contributed by atoms with Gasteiger partial charge >= 0.3 is 18.3 Å². The first-order valence-electron chi connectivity index (χ1n) is 9.47. The van der Waals surface area contributed by atoms with Crippen LogP contribution in [0.2, 0.25) is 0 Å². The van der Waals surface area contributed by atoms with Crippen LogP contribution in [-0.4, -0.2) is 36.6 Å². The van der Waals surface area contributed by atoms with Crippen LogP contribution in [0.5, 0.6) is 0 Å². The minimum absolute atomic E-state index is 0.172. The molecule has 0 radical (unpaired) electrons. The molecule has 0 aliphatic carbocycles. The van der Waals surface area contributed by atoms with Crippen LogP contribution in [-0.2, 0) is 27.5 Å². The number of aromatic nitrogens is 1. The first-order chi connectivity index (χ1) is 16.5. The molecular formula is C20H17F6N5O4S. The highest BCUT2D eigenvalue weighted by Crippen LogP contribution is 2.30. The number of guanidine groups is 1. The van der Waals surface area contributed by atoms with Crippen molar-refractivity contribution >= 4 is 38.5 Å². The van der Waals surface area contributed by atoms with E-state index in [-0.39, 0.29) is 23.1 Å². The number of carboxylic acids is 1. The van der Waals surface area contributed by atoms with E-state index < -0.39 is 33.9 Å². The summed E-state index contributed by atoms with van der Waals surface area (Å²) < 4.78 is 97.4. The van der Waals surface area contributed by atoms with Gasteiger partial charge in [-0.3, -0.25) is 10.1 Å². The summed E-state index contributed by atoms with van der Waals surface area (Å²) in [6.45, 7) is 0.172. The number of pyridine rings is 1. The highest BCUT2D eigenvalue weighted by molar-refractivity contribution is 7.92. The zero-order chi connectivity index (χ0) is 27.3. The lowest BCUT2D eigenvalue weighted by molar-refractivity contribution is -0.192. The van der Waals surface area contributed by atoms with Gasteiger partial charge in [0, 0.05) is 5.39 Å². The quantitative estimate of drug-likeness (QED) is 0.189. The number of carbonyl (C=O) groups is 1. The summed E-state index contributed by atoms with van der Waals surface area (Å²) in [6.07, 6.45) is -9.64. The molecule has 194 valence electrons. The van der Waals surface area contributed by atoms with E-state index in [4.69, 9.17) is 21.0 Å². The summed E-state index contributed by atoms with van der Waals surface area (Å²) in [5.74, 6) is -2.99. The van der Waals surface area contributed by atoms with Crippen molar-refractivity contribution in [2.45, 2.75) is 23.8 Å². The molecule has 2 aromatic carbocycles. The standard InChI is InChI=1S/C18H16F3N5O2S.C2HF3O2/c19-18(20,21)12-5-8-14(9-6-12)29(27,28)26-15-3-1-2-11-4-7-13(25-16(11)15)10-24-17(22)23;3-2(4,5)1(6)7/h1-9,26H,10H2,(H4,22,23,24);(H,6,7). The molecule has 0 spiro atoms. The predicted molar refractivity (Wildman–Crippen MR) is 116 cm³/mol. The van der Waals surface area contributed by atoms with E-state index in [1.807, 2.05) is 0 Å². The van der Waals surface area contributed by atoms with Crippen LogP contribution in [0.3, 0.4) is 0 Å². The van der Waals surface area contributed by atoms with E-state index in [1.165, 1.54) is 6.07 Å². The first-order valence-corrected chi connectivity index (χ1v) is 11.0. The van der Waals surface area contributed by atoms with Crippen LogP contribution in [0.4, 0.5) is 32.0 Å². The van der Waals surface area contributed by atoms with Gasteiger partial charge in [0.25, 0.3) is 10.0 Å². The van der Waals surface area contributed by atoms with Gasteiger partial charge in [0.15, 0.2) is 5.96 Å². The zero-order valence-electron chi connectivity index (χ0n) is 17.8. The molecule has 6 N–H and O–H groups in total. The second kappa shape index (κ2) is 10.7. The Labute approximate surface area is 199 Å². The maximum absolute atomic E-state index is 12.7. The molecule has 1 aromatic heterocycles. The van der Waals surface area contributed by atoms with E-state index in [2.05, 4.69) is 15.0 Å². The molecule has 1 heterocycles. The average Bonchev–Trinajstić information content (AvgIpc) is 2.77. The van der Waals surface area contributed by atoms with Gasteiger partial charge in [0.05, 0.1) is 33.9 Å². The lowest BCUT2D eigenvalue weighted by Gasteiger charge is -2.12. The van der Waals surface area contributed by atoms with Crippen molar-refractivity contribution in [3.63, 3.8) is 0 Å². The lowest BCUT2D eigenvalue weighted by Crippen LogP contribution is -2.29. The SMILES string of the molecule is N=C(N)NCc1ccc2cccc(NS(=O)(=O)c3ccc(C(F)(F)F)cc3)c2n1.O=C(O)C(F)(F)F. The number of carboxylic acid groups (broad SMARTS) is 1. The van der Waals surface area contributed by atoms with Gasteiger partial charge in [-0.1, -0.05) is 18.2 Å². The van der Waals surface area contributed by atoms with Gasteiger partial charge in [-0.25, -0.2) is 18.2 Å². The number of hydrogen-bond donors (Lipinski definition) is 5. The molecule has 0 aliphatic heterocycles. The number of nitrogens with two attached hydrogens (primary N) is 1. The first kappa shape index (κ1) is 28.2. The normalized spacial score (nSPS) is 11.8. The number of para-hydroxylation sites is 1. The van der Waals surface area contributed by atoms with Crippen molar-refractivity contribution in [2.75, 3.05) is 4.72 Å². The third-order valence-electron chi connectivity index (χ3n) is 4.22. The zero-order valence-corrected chi connectivity index (χ0v) is 18.6. The van der Waals surface area contributed by atoms with E-state index in [0.717, 1.165) is 12.1 Å². The van der Waals surface area contributed by atoms with Crippen molar-refractivity contribution < 1.29 is 44.7 Å². The van der Waals surface area contributed by atoms with E-state index in [0.29, 0.717) is 28.7 Å². The fourth-order valence-corrected chi connectivity index (χ4v) is 3.65.